The molecule has 1 saturated heterocycles. The second kappa shape index (κ2) is 6.03. The minimum atomic E-state index is -0.682. The van der Waals surface area contributed by atoms with Gasteiger partial charge >= 0.3 is 6.09 Å². The molecule has 1 aliphatic heterocycles. The summed E-state index contributed by atoms with van der Waals surface area (Å²) in [7, 11) is 0. The van der Waals surface area contributed by atoms with Crippen LogP contribution in [0.2, 0.25) is 0 Å². The molecule has 0 aromatic rings. The van der Waals surface area contributed by atoms with Crippen molar-refractivity contribution in [2.45, 2.75) is 52.0 Å². The predicted molar refractivity (Wildman–Crippen MR) is 65.8 cm³/mol. The average molecular weight is 241 g/mol. The van der Waals surface area contributed by atoms with E-state index in [2.05, 4.69) is 6.92 Å². The number of aldehydes is 1. The van der Waals surface area contributed by atoms with Crippen LogP contribution < -0.4 is 0 Å². The van der Waals surface area contributed by atoms with Crippen LogP contribution in [0.15, 0.2) is 0 Å². The number of rotatable bonds is 5. The molecule has 0 radical (unpaired) electrons. The van der Waals surface area contributed by atoms with Crippen LogP contribution in [0.5, 0.6) is 0 Å². The van der Waals surface area contributed by atoms with Crippen molar-refractivity contribution < 1.29 is 14.3 Å². The maximum absolute atomic E-state index is 11.9. The molecule has 0 aliphatic carbocycles. The first-order valence-corrected chi connectivity index (χ1v) is 6.50. The molecule has 1 amide bonds. The van der Waals surface area contributed by atoms with Gasteiger partial charge in [0.2, 0.25) is 0 Å². The van der Waals surface area contributed by atoms with Gasteiger partial charge in [-0.3, -0.25) is 4.90 Å². The molecule has 1 rings (SSSR count). The number of nitrogens with zero attached hydrogens (tertiary/aromatic N) is 1. The Hall–Kier alpha value is -1.06. The summed E-state index contributed by atoms with van der Waals surface area (Å²) < 4.78 is 5.18. The lowest BCUT2D eigenvalue weighted by atomic mass is 9.86. The molecule has 0 aromatic heterocycles. The van der Waals surface area contributed by atoms with E-state index in [4.69, 9.17) is 4.74 Å². The topological polar surface area (TPSA) is 46.6 Å². The van der Waals surface area contributed by atoms with Gasteiger partial charge in [-0.1, -0.05) is 26.7 Å². The number of likely N-dealkylation sites (tertiary alicyclic amines) is 1. The lowest BCUT2D eigenvalue weighted by Gasteiger charge is -2.33. The smallest absolute Gasteiger partial charge is 0.410 e. The molecule has 0 bridgehead atoms. The van der Waals surface area contributed by atoms with Crippen molar-refractivity contribution in [1.29, 1.82) is 0 Å². The van der Waals surface area contributed by atoms with Crippen LogP contribution in [-0.2, 0) is 9.53 Å². The summed E-state index contributed by atoms with van der Waals surface area (Å²) in [6.45, 7) is 7.00. The zero-order valence-electron chi connectivity index (χ0n) is 11.1. The van der Waals surface area contributed by atoms with Gasteiger partial charge in [0.05, 0.1) is 6.61 Å². The Labute approximate surface area is 103 Å². The van der Waals surface area contributed by atoms with E-state index in [1.165, 1.54) is 0 Å². The van der Waals surface area contributed by atoms with Gasteiger partial charge in [-0.25, -0.2) is 4.79 Å². The van der Waals surface area contributed by atoms with Gasteiger partial charge in [-0.15, -0.1) is 0 Å². The average Bonchev–Trinajstić information content (AvgIpc) is 2.67. The number of unbranched alkanes of at least 4 members (excludes halogenated alkanes) is 1. The summed E-state index contributed by atoms with van der Waals surface area (Å²) in [6.07, 6.45) is 4.21. The molecular formula is C13H23NO3. The molecule has 4 heteroatoms. The Balaban J connectivity index is 2.64. The number of hydrogen-bond acceptors (Lipinski definition) is 3. The van der Waals surface area contributed by atoms with Gasteiger partial charge < -0.3 is 9.53 Å². The molecule has 1 aliphatic rings. The fourth-order valence-electron chi connectivity index (χ4n) is 2.49. The van der Waals surface area contributed by atoms with Gasteiger partial charge in [0.1, 0.15) is 11.8 Å². The number of carbonyl (C=O) groups is 2. The molecule has 0 spiro atoms. The second-order valence-corrected chi connectivity index (χ2v) is 4.86. The first-order chi connectivity index (χ1) is 8.10. The van der Waals surface area contributed by atoms with E-state index in [1.54, 1.807) is 4.90 Å². The normalized spacial score (nSPS) is 28.2. The Kier molecular flexibility index (Phi) is 4.97. The minimum Gasteiger partial charge on any atom is -0.449 e. The third kappa shape index (κ3) is 2.79. The zero-order valence-corrected chi connectivity index (χ0v) is 11.1. The Morgan fingerprint density at radius 3 is 2.76 bits per heavy atom. The Bertz CT molecular complexity index is 280. The van der Waals surface area contributed by atoms with E-state index < -0.39 is 5.54 Å². The van der Waals surface area contributed by atoms with Crippen molar-refractivity contribution in [2.75, 3.05) is 13.2 Å². The monoisotopic (exact) mass is 241 g/mol. The summed E-state index contributed by atoms with van der Waals surface area (Å²) in [5, 5.41) is 0. The largest absolute Gasteiger partial charge is 0.449 e. The Morgan fingerprint density at radius 1 is 1.53 bits per heavy atom. The van der Waals surface area contributed by atoms with Crippen LogP contribution in [0.25, 0.3) is 0 Å². The molecule has 1 heterocycles. The molecule has 17 heavy (non-hydrogen) atoms. The van der Waals surface area contributed by atoms with Crippen molar-refractivity contribution >= 4 is 12.4 Å². The van der Waals surface area contributed by atoms with E-state index >= 15 is 0 Å². The van der Waals surface area contributed by atoms with Gasteiger partial charge in [-0.05, 0) is 25.7 Å². The van der Waals surface area contributed by atoms with Crippen LogP contribution in [0.3, 0.4) is 0 Å². The maximum atomic E-state index is 11.9. The summed E-state index contributed by atoms with van der Waals surface area (Å²) >= 11 is 0. The van der Waals surface area contributed by atoms with E-state index in [0.717, 1.165) is 32.0 Å². The molecule has 0 saturated carbocycles. The number of carbonyl (C=O) groups excluding carboxylic acids is 2. The van der Waals surface area contributed by atoms with Crippen LogP contribution >= 0.6 is 0 Å². The van der Waals surface area contributed by atoms with E-state index in [9.17, 15) is 9.59 Å². The van der Waals surface area contributed by atoms with Crippen molar-refractivity contribution in [3.05, 3.63) is 0 Å². The van der Waals surface area contributed by atoms with Gasteiger partial charge in [0.25, 0.3) is 0 Å². The maximum Gasteiger partial charge on any atom is 0.410 e. The summed E-state index contributed by atoms with van der Waals surface area (Å²) in [5.74, 6) is 0.249. The van der Waals surface area contributed by atoms with Crippen LogP contribution in [-0.4, -0.2) is 36.0 Å². The summed E-state index contributed by atoms with van der Waals surface area (Å²) in [6, 6.07) is 0. The highest BCUT2D eigenvalue weighted by molar-refractivity contribution is 5.77. The first kappa shape index (κ1) is 14.0. The first-order valence-electron chi connectivity index (χ1n) is 6.50. The molecule has 4 nitrogen and oxygen atoms in total. The fourth-order valence-corrected chi connectivity index (χ4v) is 2.49. The van der Waals surface area contributed by atoms with Crippen molar-refractivity contribution in [2.24, 2.45) is 5.92 Å². The molecule has 1 fully saturated rings. The van der Waals surface area contributed by atoms with Crippen molar-refractivity contribution in [3.8, 4) is 0 Å². The lowest BCUT2D eigenvalue weighted by Crippen LogP contribution is -2.50. The third-order valence-electron chi connectivity index (χ3n) is 3.78. The van der Waals surface area contributed by atoms with Crippen LogP contribution in [0.1, 0.15) is 46.5 Å². The highest BCUT2D eigenvalue weighted by Gasteiger charge is 2.47. The molecular weight excluding hydrogens is 218 g/mol. The molecule has 2 atom stereocenters. The van der Waals surface area contributed by atoms with E-state index in [1.807, 2.05) is 13.8 Å². The van der Waals surface area contributed by atoms with Crippen LogP contribution in [0, 0.1) is 5.92 Å². The van der Waals surface area contributed by atoms with Gasteiger partial charge in [-0.2, -0.15) is 0 Å². The zero-order chi connectivity index (χ0) is 12.9. The van der Waals surface area contributed by atoms with E-state index in [0.29, 0.717) is 13.2 Å². The summed E-state index contributed by atoms with van der Waals surface area (Å²) in [4.78, 5) is 24.8. The number of amides is 1. The van der Waals surface area contributed by atoms with Crippen LogP contribution in [0.4, 0.5) is 4.79 Å². The fraction of sp³-hybridized carbons (Fsp3) is 0.846. The van der Waals surface area contributed by atoms with Gasteiger partial charge in [0.15, 0.2) is 0 Å². The van der Waals surface area contributed by atoms with Crippen molar-refractivity contribution in [3.63, 3.8) is 0 Å². The predicted octanol–water partition coefficient (Wildman–Crippen LogP) is 2.61. The quantitative estimate of drug-likeness (QED) is 0.549. The van der Waals surface area contributed by atoms with E-state index in [-0.39, 0.29) is 12.0 Å². The second-order valence-electron chi connectivity index (χ2n) is 4.86. The minimum absolute atomic E-state index is 0.249. The SMILES string of the molecule is CCCCOC(=O)N1CC[C@H](CC)[C@@]1(C)C=O. The standard InChI is InChI=1S/C13H23NO3/c1-4-6-9-17-12(16)14-8-7-11(5-2)13(14,3)10-15/h10-11H,4-9H2,1-3H3/t11-,13+/m0/s1. The number of hydrogen-bond donors (Lipinski definition) is 0. The van der Waals surface area contributed by atoms with Crippen molar-refractivity contribution in [1.82, 2.24) is 4.90 Å². The highest BCUT2D eigenvalue weighted by Crippen LogP contribution is 2.35. The highest BCUT2D eigenvalue weighted by atomic mass is 16.6. The third-order valence-corrected chi connectivity index (χ3v) is 3.78. The molecule has 0 N–H and O–H groups in total. The Morgan fingerprint density at radius 2 is 2.24 bits per heavy atom. The molecule has 0 unspecified atom stereocenters. The number of ether oxygens (including phenoxy) is 1. The van der Waals surface area contributed by atoms with Gasteiger partial charge in [0, 0.05) is 6.54 Å². The summed E-state index contributed by atoms with van der Waals surface area (Å²) in [5.41, 5.74) is -0.682. The lowest BCUT2D eigenvalue weighted by molar-refractivity contribution is -0.117. The molecule has 0 aromatic carbocycles. The molecule has 98 valence electrons.